The molecule has 0 aliphatic rings. The van der Waals surface area contributed by atoms with Crippen LogP contribution in [0, 0.1) is 0 Å². The summed E-state index contributed by atoms with van der Waals surface area (Å²) in [4.78, 5) is -0.409. The van der Waals surface area contributed by atoms with E-state index in [4.69, 9.17) is 0 Å². The molecule has 0 atom stereocenters. The highest BCUT2D eigenvalue weighted by atomic mass is 127. The molecule has 7 heteroatoms. The fraction of sp³-hybridized carbons (Fsp3) is 0.273. The fourth-order valence-electron chi connectivity index (χ4n) is 1.20. The first kappa shape index (κ1) is 15.5. The van der Waals surface area contributed by atoms with Gasteiger partial charge in [-0.15, -0.1) is 0 Å². The van der Waals surface area contributed by atoms with E-state index in [2.05, 4.69) is 4.74 Å². The third-order valence-electron chi connectivity index (χ3n) is 2.02. The molecule has 0 amide bonds. The van der Waals surface area contributed by atoms with Crippen LogP contribution in [0.5, 0.6) is 0 Å². The number of sulfone groups is 1. The van der Waals surface area contributed by atoms with E-state index >= 15 is 0 Å². The van der Waals surface area contributed by atoms with Crippen molar-refractivity contribution in [2.45, 2.75) is 10.2 Å². The van der Waals surface area contributed by atoms with Gasteiger partial charge in [0.2, 0.25) is 9.84 Å². The number of hydrogen-bond donors (Lipinski definition) is 0. The molecule has 100 valence electrons. The first-order chi connectivity index (χ1) is 8.31. The van der Waals surface area contributed by atoms with Gasteiger partial charge in [-0.1, -0.05) is 18.2 Å². The van der Waals surface area contributed by atoms with E-state index < -0.39 is 20.0 Å². The predicted molar refractivity (Wildman–Crippen MR) is 72.6 cm³/mol. The van der Waals surface area contributed by atoms with Gasteiger partial charge in [-0.05, 0) is 34.7 Å². The van der Waals surface area contributed by atoms with Gasteiger partial charge in [-0.2, -0.15) is 8.78 Å². The molecule has 0 aromatic heterocycles. The highest BCUT2D eigenvalue weighted by Gasteiger charge is 2.44. The summed E-state index contributed by atoms with van der Waals surface area (Å²) in [5.74, 6) is 0. The van der Waals surface area contributed by atoms with Gasteiger partial charge in [0.25, 0.3) is 0 Å². The van der Waals surface area contributed by atoms with Crippen LogP contribution in [-0.2, 0) is 14.6 Å². The Kier molecular flexibility index (Phi) is 5.23. The molecule has 1 aromatic rings. The average Bonchev–Trinajstić information content (AvgIpc) is 2.29. The first-order valence-electron chi connectivity index (χ1n) is 4.85. The first-order valence-corrected chi connectivity index (χ1v) is 7.41. The number of methoxy groups -OCH3 is 1. The van der Waals surface area contributed by atoms with Crippen molar-refractivity contribution in [3.63, 3.8) is 0 Å². The Balaban J connectivity index is 3.16. The molecule has 18 heavy (non-hydrogen) atoms. The van der Waals surface area contributed by atoms with Crippen LogP contribution in [0.25, 0.3) is 0 Å². The minimum atomic E-state index is -4.72. The van der Waals surface area contributed by atoms with Crippen molar-refractivity contribution in [3.8, 4) is 0 Å². The molecule has 0 N–H and O–H groups in total. The van der Waals surface area contributed by atoms with Crippen LogP contribution in [0.2, 0.25) is 0 Å². The normalized spacial score (nSPS) is 13.7. The minimum Gasteiger partial charge on any atom is -0.380 e. The molecule has 3 nitrogen and oxygen atoms in total. The predicted octanol–water partition coefficient (Wildman–Crippen LogP) is 3.02. The standard InChI is InChI=1S/C11H11F2IO3S/c1-17-8-9(14)7-11(12,13)18(15,16)10-5-3-2-4-6-10/h2-7H,8H2,1H3/b9-7+. The van der Waals surface area contributed by atoms with Gasteiger partial charge in [-0.3, -0.25) is 0 Å². The zero-order valence-electron chi connectivity index (χ0n) is 9.44. The molecule has 0 saturated carbocycles. The van der Waals surface area contributed by atoms with Crippen molar-refractivity contribution < 1.29 is 21.9 Å². The summed E-state index contributed by atoms with van der Waals surface area (Å²) < 4.78 is 55.8. The van der Waals surface area contributed by atoms with Crippen molar-refractivity contribution in [1.29, 1.82) is 0 Å². The van der Waals surface area contributed by atoms with Crippen molar-refractivity contribution in [1.82, 2.24) is 0 Å². The number of benzene rings is 1. The van der Waals surface area contributed by atoms with Gasteiger partial charge in [0.15, 0.2) is 0 Å². The summed E-state index contributed by atoms with van der Waals surface area (Å²) in [5, 5.41) is -3.95. The van der Waals surface area contributed by atoms with E-state index in [1.807, 2.05) is 0 Å². The summed E-state index contributed by atoms with van der Waals surface area (Å²) in [6.07, 6.45) is 0.402. The number of halogens is 3. The molecule has 1 rings (SSSR count). The largest absolute Gasteiger partial charge is 0.380 e. The van der Waals surface area contributed by atoms with E-state index in [0.717, 1.165) is 12.1 Å². The maximum absolute atomic E-state index is 13.7. The van der Waals surface area contributed by atoms with Crippen molar-refractivity contribution >= 4 is 32.4 Å². The lowest BCUT2D eigenvalue weighted by Crippen LogP contribution is -2.27. The number of rotatable bonds is 5. The lowest BCUT2D eigenvalue weighted by molar-refractivity contribution is 0.145. The van der Waals surface area contributed by atoms with Crippen molar-refractivity contribution in [2.24, 2.45) is 0 Å². The Morgan fingerprint density at radius 3 is 2.44 bits per heavy atom. The third-order valence-corrected chi connectivity index (χ3v) is 4.37. The second kappa shape index (κ2) is 6.07. The zero-order chi connectivity index (χ0) is 13.8. The topological polar surface area (TPSA) is 43.4 Å². The second-order valence-electron chi connectivity index (χ2n) is 3.40. The summed E-state index contributed by atoms with van der Waals surface area (Å²) >= 11 is 1.62. The Labute approximate surface area is 118 Å². The fourth-order valence-corrected chi connectivity index (χ4v) is 3.24. The Hall–Kier alpha value is -0.540. The van der Waals surface area contributed by atoms with E-state index in [9.17, 15) is 17.2 Å². The molecule has 0 heterocycles. The molecule has 1 aromatic carbocycles. The Morgan fingerprint density at radius 1 is 1.39 bits per heavy atom. The number of hydrogen-bond acceptors (Lipinski definition) is 3. The van der Waals surface area contributed by atoms with Gasteiger partial charge < -0.3 is 4.74 Å². The van der Waals surface area contributed by atoms with Crippen molar-refractivity contribution in [3.05, 3.63) is 40.0 Å². The highest BCUT2D eigenvalue weighted by molar-refractivity contribution is 14.1. The van der Waals surface area contributed by atoms with Gasteiger partial charge in [0, 0.05) is 16.8 Å². The monoisotopic (exact) mass is 388 g/mol. The van der Waals surface area contributed by atoms with Crippen molar-refractivity contribution in [2.75, 3.05) is 13.7 Å². The lowest BCUT2D eigenvalue weighted by Gasteiger charge is -2.14. The lowest BCUT2D eigenvalue weighted by atomic mass is 10.4. The van der Waals surface area contributed by atoms with Gasteiger partial charge in [-0.25, -0.2) is 8.42 Å². The van der Waals surface area contributed by atoms with E-state index in [1.54, 1.807) is 28.7 Å². The van der Waals surface area contributed by atoms with E-state index in [-0.39, 0.29) is 10.2 Å². The zero-order valence-corrected chi connectivity index (χ0v) is 12.4. The molecule has 0 radical (unpaired) electrons. The van der Waals surface area contributed by atoms with Gasteiger partial charge in [0.05, 0.1) is 11.5 Å². The maximum atomic E-state index is 13.7. The molecule has 0 fully saturated rings. The summed E-state index contributed by atoms with van der Waals surface area (Å²) in [7, 11) is -3.38. The molecule has 0 aliphatic heterocycles. The molecule has 0 saturated heterocycles. The molecular weight excluding hydrogens is 377 g/mol. The Morgan fingerprint density at radius 2 is 1.94 bits per heavy atom. The van der Waals surface area contributed by atoms with Crippen LogP contribution >= 0.6 is 22.6 Å². The highest BCUT2D eigenvalue weighted by Crippen LogP contribution is 2.32. The second-order valence-corrected chi connectivity index (χ2v) is 6.81. The molecule has 0 aliphatic carbocycles. The van der Waals surface area contributed by atoms with E-state index in [0.29, 0.717) is 6.08 Å². The molecule has 0 spiro atoms. The van der Waals surface area contributed by atoms with Crippen LogP contribution < -0.4 is 0 Å². The van der Waals surface area contributed by atoms with Crippen LogP contribution in [-0.4, -0.2) is 27.4 Å². The van der Waals surface area contributed by atoms with Crippen LogP contribution in [0.1, 0.15) is 0 Å². The summed E-state index contributed by atoms with van der Waals surface area (Å²) in [6.45, 7) is -0.0551. The smallest absolute Gasteiger partial charge is 0.369 e. The molecule has 0 bridgehead atoms. The van der Waals surface area contributed by atoms with Gasteiger partial charge >= 0.3 is 5.25 Å². The average molecular weight is 388 g/mol. The van der Waals surface area contributed by atoms with Crippen LogP contribution in [0.15, 0.2) is 44.9 Å². The number of ether oxygens (including phenoxy) is 1. The number of alkyl halides is 2. The summed E-state index contributed by atoms with van der Waals surface area (Å²) in [6, 6.07) is 6.63. The Bertz CT molecular complexity index is 526. The van der Waals surface area contributed by atoms with Crippen LogP contribution in [0.4, 0.5) is 8.78 Å². The minimum absolute atomic E-state index is 0.0551. The van der Waals surface area contributed by atoms with E-state index in [1.165, 1.54) is 19.2 Å². The van der Waals surface area contributed by atoms with Gasteiger partial charge in [0.1, 0.15) is 0 Å². The SMILES string of the molecule is COC/C(I)=C\C(F)(F)S(=O)(=O)c1ccccc1. The quantitative estimate of drug-likeness (QED) is 0.729. The third kappa shape index (κ3) is 3.48. The molecule has 0 unspecified atom stereocenters. The summed E-state index contributed by atoms with van der Waals surface area (Å²) in [5.41, 5.74) is 0. The van der Waals surface area contributed by atoms with Crippen LogP contribution in [0.3, 0.4) is 0 Å². The maximum Gasteiger partial charge on any atom is 0.369 e. The molecular formula is C11H11F2IO3S.